The monoisotopic (exact) mass is 203 g/mol. The van der Waals surface area contributed by atoms with Crippen LogP contribution in [0.15, 0.2) is 0 Å². The quantitative estimate of drug-likeness (QED) is 0.703. The van der Waals surface area contributed by atoms with Crippen molar-refractivity contribution in [2.24, 2.45) is 11.8 Å². The van der Waals surface area contributed by atoms with Crippen molar-refractivity contribution in [1.29, 1.82) is 5.26 Å². The predicted octanol–water partition coefficient (Wildman–Crippen LogP) is 2.95. The Balaban J connectivity index is 2.22. The molecule has 1 aliphatic rings. The van der Waals surface area contributed by atoms with Gasteiger partial charge in [-0.05, 0) is 31.1 Å². The van der Waals surface area contributed by atoms with Crippen LogP contribution in [0.3, 0.4) is 0 Å². The van der Waals surface area contributed by atoms with E-state index in [0.29, 0.717) is 12.3 Å². The summed E-state index contributed by atoms with van der Waals surface area (Å²) in [5.41, 5.74) is 0. The molecule has 0 amide bonds. The van der Waals surface area contributed by atoms with E-state index in [1.54, 1.807) is 0 Å². The van der Waals surface area contributed by atoms with Crippen molar-refractivity contribution < 1.29 is 13.5 Å². The number of ether oxygens (including phenoxy) is 1. The molecule has 1 rings (SSSR count). The summed E-state index contributed by atoms with van der Waals surface area (Å²) >= 11 is 0. The van der Waals surface area contributed by atoms with Gasteiger partial charge in [0.2, 0.25) is 0 Å². The summed E-state index contributed by atoms with van der Waals surface area (Å²) in [5.74, 6) is 0.608. The molecule has 0 aromatic rings. The third-order valence-corrected chi connectivity index (χ3v) is 2.73. The Labute approximate surface area is 82.9 Å². The normalized spacial score (nSPS) is 27.6. The highest BCUT2D eigenvalue weighted by molar-refractivity contribution is 4.81. The summed E-state index contributed by atoms with van der Waals surface area (Å²) in [6, 6.07) is 2.13. The number of alkyl halides is 2. The minimum absolute atomic E-state index is 0.138. The number of hydrogen-bond acceptors (Lipinski definition) is 2. The van der Waals surface area contributed by atoms with E-state index in [0.717, 1.165) is 25.7 Å². The van der Waals surface area contributed by atoms with Gasteiger partial charge in [0.25, 0.3) is 0 Å². The van der Waals surface area contributed by atoms with Crippen LogP contribution in [0.25, 0.3) is 0 Å². The minimum atomic E-state index is -2.66. The van der Waals surface area contributed by atoms with Gasteiger partial charge in [-0.3, -0.25) is 0 Å². The van der Waals surface area contributed by atoms with Crippen LogP contribution in [-0.2, 0) is 4.74 Å². The van der Waals surface area contributed by atoms with E-state index in [9.17, 15) is 8.78 Å². The predicted molar refractivity (Wildman–Crippen MR) is 47.6 cm³/mol. The molecule has 0 aromatic heterocycles. The SMILES string of the molecule is N#CCC1CCCC(COC(F)F)C1. The highest BCUT2D eigenvalue weighted by atomic mass is 19.3. The number of halogens is 2. The second-order valence-corrected chi connectivity index (χ2v) is 3.85. The molecule has 14 heavy (non-hydrogen) atoms. The topological polar surface area (TPSA) is 33.0 Å². The van der Waals surface area contributed by atoms with Crippen molar-refractivity contribution in [3.8, 4) is 6.07 Å². The first kappa shape index (κ1) is 11.4. The molecule has 2 unspecified atom stereocenters. The smallest absolute Gasteiger partial charge is 0.323 e. The van der Waals surface area contributed by atoms with Gasteiger partial charge in [-0.15, -0.1) is 0 Å². The third-order valence-electron chi connectivity index (χ3n) is 2.73. The molecule has 0 saturated heterocycles. The first-order valence-corrected chi connectivity index (χ1v) is 4.99. The second kappa shape index (κ2) is 5.92. The Morgan fingerprint density at radius 3 is 2.71 bits per heavy atom. The second-order valence-electron chi connectivity index (χ2n) is 3.85. The summed E-state index contributed by atoms with van der Waals surface area (Å²) < 4.78 is 27.8. The van der Waals surface area contributed by atoms with Gasteiger partial charge in [0.1, 0.15) is 0 Å². The lowest BCUT2D eigenvalue weighted by molar-refractivity contribution is -0.141. The molecule has 2 nitrogen and oxygen atoms in total. The van der Waals surface area contributed by atoms with Crippen LogP contribution in [0.1, 0.15) is 32.1 Å². The first-order valence-electron chi connectivity index (χ1n) is 4.99. The maximum atomic E-state index is 11.8. The van der Waals surface area contributed by atoms with E-state index in [-0.39, 0.29) is 12.5 Å². The van der Waals surface area contributed by atoms with Gasteiger partial charge in [-0.1, -0.05) is 6.42 Å². The summed E-state index contributed by atoms with van der Waals surface area (Å²) in [6.45, 7) is -2.52. The van der Waals surface area contributed by atoms with Gasteiger partial charge in [-0.25, -0.2) is 0 Å². The van der Waals surface area contributed by atoms with Crippen LogP contribution < -0.4 is 0 Å². The average Bonchev–Trinajstić information content (AvgIpc) is 2.16. The molecule has 0 heterocycles. The lowest BCUT2D eigenvalue weighted by Gasteiger charge is -2.27. The molecule has 0 aliphatic heterocycles. The number of nitriles is 1. The molecule has 1 fully saturated rings. The molecule has 80 valence electrons. The fraction of sp³-hybridized carbons (Fsp3) is 0.900. The summed E-state index contributed by atoms with van der Waals surface area (Å²) in [4.78, 5) is 0. The van der Waals surface area contributed by atoms with Crippen LogP contribution in [0.2, 0.25) is 0 Å². The van der Waals surface area contributed by atoms with Crippen LogP contribution in [0.4, 0.5) is 8.78 Å². The van der Waals surface area contributed by atoms with E-state index in [1.807, 2.05) is 0 Å². The Morgan fingerprint density at radius 2 is 2.07 bits per heavy atom. The zero-order valence-electron chi connectivity index (χ0n) is 8.09. The first-order chi connectivity index (χ1) is 6.72. The van der Waals surface area contributed by atoms with Crippen molar-refractivity contribution >= 4 is 0 Å². The fourth-order valence-corrected chi connectivity index (χ4v) is 2.08. The maximum absolute atomic E-state index is 11.8. The van der Waals surface area contributed by atoms with Crippen molar-refractivity contribution in [1.82, 2.24) is 0 Å². The van der Waals surface area contributed by atoms with Crippen molar-refractivity contribution in [3.63, 3.8) is 0 Å². The summed E-state index contributed by atoms with van der Waals surface area (Å²) in [5, 5.41) is 8.52. The molecule has 0 N–H and O–H groups in total. The molecule has 1 saturated carbocycles. The van der Waals surface area contributed by atoms with Gasteiger partial charge in [0, 0.05) is 6.42 Å². The molecule has 1 aliphatic carbocycles. The van der Waals surface area contributed by atoms with Crippen molar-refractivity contribution in [2.45, 2.75) is 38.7 Å². The average molecular weight is 203 g/mol. The largest absolute Gasteiger partial charge is 0.345 e. The minimum Gasteiger partial charge on any atom is -0.323 e. The molecule has 0 radical (unpaired) electrons. The van der Waals surface area contributed by atoms with Crippen molar-refractivity contribution in [2.75, 3.05) is 6.61 Å². The van der Waals surface area contributed by atoms with Gasteiger partial charge in [-0.2, -0.15) is 14.0 Å². The Morgan fingerprint density at radius 1 is 1.36 bits per heavy atom. The Bertz CT molecular complexity index is 203. The highest BCUT2D eigenvalue weighted by Gasteiger charge is 2.22. The molecule has 0 aromatic carbocycles. The molecule has 0 spiro atoms. The zero-order chi connectivity index (χ0) is 10.4. The maximum Gasteiger partial charge on any atom is 0.345 e. The highest BCUT2D eigenvalue weighted by Crippen LogP contribution is 2.31. The lowest BCUT2D eigenvalue weighted by atomic mass is 9.80. The van der Waals surface area contributed by atoms with Gasteiger partial charge < -0.3 is 4.74 Å². The van der Waals surface area contributed by atoms with E-state index >= 15 is 0 Å². The molecule has 0 bridgehead atoms. The third kappa shape index (κ3) is 4.01. The summed E-state index contributed by atoms with van der Waals surface area (Å²) in [7, 11) is 0. The van der Waals surface area contributed by atoms with Gasteiger partial charge >= 0.3 is 6.61 Å². The number of rotatable bonds is 4. The molecule has 4 heteroatoms. The number of hydrogen-bond donors (Lipinski definition) is 0. The van der Waals surface area contributed by atoms with Crippen LogP contribution >= 0.6 is 0 Å². The van der Waals surface area contributed by atoms with Gasteiger partial charge in [0.15, 0.2) is 0 Å². The van der Waals surface area contributed by atoms with Crippen LogP contribution in [-0.4, -0.2) is 13.2 Å². The van der Waals surface area contributed by atoms with E-state index in [2.05, 4.69) is 10.8 Å². The molecular formula is C10H15F2NO. The lowest BCUT2D eigenvalue weighted by Crippen LogP contribution is -2.20. The molecular weight excluding hydrogens is 188 g/mol. The number of nitrogens with zero attached hydrogens (tertiary/aromatic N) is 1. The Hall–Kier alpha value is -0.690. The van der Waals surface area contributed by atoms with E-state index in [4.69, 9.17) is 5.26 Å². The summed E-state index contributed by atoms with van der Waals surface area (Å²) in [6.07, 6.45) is 4.45. The standard InChI is InChI=1S/C10H15F2NO/c11-10(12)14-7-9-3-1-2-8(6-9)4-5-13/h8-10H,1-4,6-7H2. The van der Waals surface area contributed by atoms with E-state index in [1.165, 1.54) is 0 Å². The zero-order valence-corrected chi connectivity index (χ0v) is 8.09. The fourth-order valence-electron chi connectivity index (χ4n) is 2.08. The van der Waals surface area contributed by atoms with E-state index < -0.39 is 6.61 Å². The van der Waals surface area contributed by atoms with Gasteiger partial charge in [0.05, 0.1) is 12.7 Å². The van der Waals surface area contributed by atoms with Crippen molar-refractivity contribution in [3.05, 3.63) is 0 Å². The van der Waals surface area contributed by atoms with Crippen LogP contribution in [0.5, 0.6) is 0 Å². The van der Waals surface area contributed by atoms with Crippen LogP contribution in [0, 0.1) is 23.2 Å². The Kier molecular flexibility index (Phi) is 4.81. The molecule has 2 atom stereocenters.